The second kappa shape index (κ2) is 15.5. The number of aromatic amines is 1. The molecule has 1 heterocycles. The summed E-state index contributed by atoms with van der Waals surface area (Å²) >= 11 is 0. The summed E-state index contributed by atoms with van der Waals surface area (Å²) in [4.78, 5) is 66.5. The van der Waals surface area contributed by atoms with Crippen molar-refractivity contribution in [1.29, 1.82) is 0 Å². The number of aliphatic carboxylic acids is 1. The fourth-order valence-corrected chi connectivity index (χ4v) is 4.73. The lowest BCUT2D eigenvalue weighted by Crippen LogP contribution is -2.58. The van der Waals surface area contributed by atoms with Crippen LogP contribution in [0.5, 0.6) is 0 Å². The van der Waals surface area contributed by atoms with Crippen molar-refractivity contribution in [3.63, 3.8) is 0 Å². The van der Waals surface area contributed by atoms with Gasteiger partial charge in [0.1, 0.15) is 18.1 Å². The molecule has 5 atom stereocenters. The highest BCUT2D eigenvalue weighted by Crippen LogP contribution is 2.19. The summed E-state index contributed by atoms with van der Waals surface area (Å²) in [5.74, 6) is -4.35. The number of hydrogen-bond donors (Lipinski definition) is 7. The molecule has 43 heavy (non-hydrogen) atoms. The highest BCUT2D eigenvalue weighted by molar-refractivity contribution is 5.95. The number of nitrogens with two attached hydrogens (primary N) is 2. The molecule has 0 radical (unpaired) electrons. The summed E-state index contributed by atoms with van der Waals surface area (Å²) in [6.45, 7) is 3.47. The van der Waals surface area contributed by atoms with Crippen LogP contribution in [0.2, 0.25) is 0 Å². The molecule has 0 fully saturated rings. The van der Waals surface area contributed by atoms with Crippen molar-refractivity contribution in [2.75, 3.05) is 0 Å². The van der Waals surface area contributed by atoms with E-state index in [1.165, 1.54) is 0 Å². The zero-order valence-corrected chi connectivity index (χ0v) is 24.3. The third kappa shape index (κ3) is 9.40. The fourth-order valence-electron chi connectivity index (χ4n) is 4.73. The van der Waals surface area contributed by atoms with Gasteiger partial charge in [0.25, 0.3) is 0 Å². The Bertz CT molecular complexity index is 1420. The van der Waals surface area contributed by atoms with Crippen LogP contribution in [0.15, 0.2) is 60.8 Å². The average Bonchev–Trinajstić information content (AvgIpc) is 3.39. The Balaban J connectivity index is 1.79. The summed E-state index contributed by atoms with van der Waals surface area (Å²) in [5.41, 5.74) is 14.1. The zero-order chi connectivity index (χ0) is 31.5. The van der Waals surface area contributed by atoms with E-state index >= 15 is 0 Å². The van der Waals surface area contributed by atoms with Gasteiger partial charge >= 0.3 is 5.97 Å². The van der Waals surface area contributed by atoms with E-state index in [4.69, 9.17) is 11.5 Å². The van der Waals surface area contributed by atoms with E-state index in [-0.39, 0.29) is 25.7 Å². The second-order valence-corrected chi connectivity index (χ2v) is 10.7. The Kier molecular flexibility index (Phi) is 11.8. The first-order chi connectivity index (χ1) is 20.5. The van der Waals surface area contributed by atoms with Gasteiger partial charge in [-0.2, -0.15) is 0 Å². The molecular formula is C31H40N6O6. The molecule has 230 valence electrons. The van der Waals surface area contributed by atoms with Crippen LogP contribution in [-0.4, -0.2) is 63.9 Å². The molecule has 3 rings (SSSR count). The predicted octanol–water partition coefficient (Wildman–Crippen LogP) is 1.13. The average molecular weight is 593 g/mol. The van der Waals surface area contributed by atoms with E-state index in [0.717, 1.165) is 22.0 Å². The molecule has 0 saturated heterocycles. The van der Waals surface area contributed by atoms with Gasteiger partial charge in [-0.05, 0) is 36.0 Å². The van der Waals surface area contributed by atoms with Gasteiger partial charge in [0.2, 0.25) is 23.6 Å². The van der Waals surface area contributed by atoms with Crippen molar-refractivity contribution in [1.82, 2.24) is 20.9 Å². The number of carboxylic acids is 1. The number of rotatable bonds is 16. The molecule has 12 heteroatoms. The maximum atomic E-state index is 13.6. The topological polar surface area (TPSA) is 209 Å². The van der Waals surface area contributed by atoms with Crippen LogP contribution >= 0.6 is 0 Å². The minimum atomic E-state index is -1.28. The largest absolute Gasteiger partial charge is 0.480 e. The van der Waals surface area contributed by atoms with Crippen LogP contribution < -0.4 is 27.4 Å². The van der Waals surface area contributed by atoms with Gasteiger partial charge in [-0.3, -0.25) is 19.2 Å². The number of carbonyl (C=O) groups excluding carboxylic acids is 4. The molecule has 4 amide bonds. The highest BCUT2D eigenvalue weighted by Gasteiger charge is 2.32. The molecule has 0 aliphatic carbocycles. The van der Waals surface area contributed by atoms with E-state index in [1.807, 2.05) is 30.3 Å². The minimum Gasteiger partial charge on any atom is -0.480 e. The molecule has 5 unspecified atom stereocenters. The Labute approximate surface area is 250 Å². The molecule has 12 nitrogen and oxygen atoms in total. The number of primary amides is 1. The summed E-state index contributed by atoms with van der Waals surface area (Å²) in [5, 5.41) is 18.3. The number of hydrogen-bond acceptors (Lipinski definition) is 6. The van der Waals surface area contributed by atoms with Gasteiger partial charge in [0.15, 0.2) is 0 Å². The number of para-hydroxylation sites is 1. The lowest BCUT2D eigenvalue weighted by Gasteiger charge is -2.26. The summed E-state index contributed by atoms with van der Waals surface area (Å²) < 4.78 is 0. The van der Waals surface area contributed by atoms with Crippen molar-refractivity contribution in [3.8, 4) is 0 Å². The Morgan fingerprint density at radius 1 is 0.860 bits per heavy atom. The molecule has 2 aromatic carbocycles. The molecule has 1 aromatic heterocycles. The summed E-state index contributed by atoms with van der Waals surface area (Å²) in [6, 6.07) is 12.0. The minimum absolute atomic E-state index is 0.0903. The van der Waals surface area contributed by atoms with Crippen molar-refractivity contribution in [2.24, 2.45) is 17.4 Å². The smallest absolute Gasteiger partial charge is 0.326 e. The highest BCUT2D eigenvalue weighted by atomic mass is 16.4. The van der Waals surface area contributed by atoms with Crippen LogP contribution in [0.3, 0.4) is 0 Å². The third-order valence-corrected chi connectivity index (χ3v) is 7.46. The number of fused-ring (bicyclic) bond motifs is 1. The van der Waals surface area contributed by atoms with Crippen LogP contribution in [0.4, 0.5) is 0 Å². The monoisotopic (exact) mass is 592 g/mol. The van der Waals surface area contributed by atoms with Gasteiger partial charge in [-0.15, -0.1) is 0 Å². The molecule has 0 aliphatic rings. The van der Waals surface area contributed by atoms with Crippen molar-refractivity contribution in [3.05, 3.63) is 71.9 Å². The van der Waals surface area contributed by atoms with Crippen LogP contribution in [0, 0.1) is 5.92 Å². The third-order valence-electron chi connectivity index (χ3n) is 7.46. The molecule has 0 bridgehead atoms. The first-order valence-electron chi connectivity index (χ1n) is 14.3. The van der Waals surface area contributed by atoms with Crippen molar-refractivity contribution >= 4 is 40.5 Å². The number of carbonyl (C=O) groups is 5. The summed E-state index contributed by atoms with van der Waals surface area (Å²) in [6.07, 6.45) is 2.19. The molecule has 0 spiro atoms. The predicted molar refractivity (Wildman–Crippen MR) is 161 cm³/mol. The first-order valence-corrected chi connectivity index (χ1v) is 14.3. The standard InChI is InChI=1S/C31H40N6O6/c1-3-18(2)27(31(42)43)37-29(40)24(13-14-26(33)38)35-30(41)25(15-19-9-5-4-6-10-19)36-28(39)22(32)16-20-17-34-23-12-8-7-11-21(20)23/h4-12,17-18,22,24-25,27,34H,3,13-16,32H2,1-2H3,(H2,33,38)(H,35,41)(H,36,39)(H,37,40)(H,42,43). The Morgan fingerprint density at radius 3 is 2.14 bits per heavy atom. The Morgan fingerprint density at radius 2 is 1.49 bits per heavy atom. The van der Waals surface area contributed by atoms with Gasteiger partial charge in [-0.1, -0.05) is 68.8 Å². The van der Waals surface area contributed by atoms with Gasteiger partial charge in [-0.25, -0.2) is 4.79 Å². The number of benzene rings is 2. The van der Waals surface area contributed by atoms with E-state index in [0.29, 0.717) is 6.42 Å². The number of aromatic nitrogens is 1. The SMILES string of the molecule is CCC(C)C(NC(=O)C(CCC(N)=O)NC(=O)C(Cc1ccccc1)NC(=O)C(N)Cc1c[nH]c2ccccc12)C(=O)O. The lowest BCUT2D eigenvalue weighted by atomic mass is 9.98. The zero-order valence-electron chi connectivity index (χ0n) is 24.3. The number of H-pyrrole nitrogens is 1. The van der Waals surface area contributed by atoms with Gasteiger partial charge in [0, 0.05) is 29.9 Å². The molecular weight excluding hydrogens is 552 g/mol. The maximum Gasteiger partial charge on any atom is 0.326 e. The number of nitrogens with one attached hydrogen (secondary N) is 4. The van der Waals surface area contributed by atoms with E-state index in [1.54, 1.807) is 44.3 Å². The quantitative estimate of drug-likeness (QED) is 0.129. The van der Waals surface area contributed by atoms with Crippen LogP contribution in [0.1, 0.15) is 44.2 Å². The molecule has 0 aliphatic heterocycles. The van der Waals surface area contributed by atoms with Crippen LogP contribution in [-0.2, 0) is 36.8 Å². The van der Waals surface area contributed by atoms with Gasteiger partial charge < -0.3 is 37.5 Å². The second-order valence-electron chi connectivity index (χ2n) is 10.7. The fraction of sp³-hybridized carbons (Fsp3) is 0.387. The Hall–Kier alpha value is -4.71. The lowest BCUT2D eigenvalue weighted by molar-refractivity contribution is -0.144. The molecule has 0 saturated carbocycles. The van der Waals surface area contributed by atoms with Gasteiger partial charge in [0.05, 0.1) is 6.04 Å². The molecule has 9 N–H and O–H groups in total. The normalized spacial score (nSPS) is 14.6. The first kappa shape index (κ1) is 32.8. The number of amides is 4. The van der Waals surface area contributed by atoms with E-state index < -0.39 is 59.7 Å². The van der Waals surface area contributed by atoms with Crippen LogP contribution in [0.25, 0.3) is 10.9 Å². The molecule has 3 aromatic rings. The summed E-state index contributed by atoms with van der Waals surface area (Å²) in [7, 11) is 0. The van der Waals surface area contributed by atoms with E-state index in [2.05, 4.69) is 20.9 Å². The van der Waals surface area contributed by atoms with E-state index in [9.17, 15) is 29.1 Å². The van der Waals surface area contributed by atoms with Crippen molar-refractivity contribution < 1.29 is 29.1 Å². The maximum absolute atomic E-state index is 13.6. The number of carboxylic acid groups (broad SMARTS) is 1. The van der Waals surface area contributed by atoms with Crippen molar-refractivity contribution in [2.45, 2.75) is 70.1 Å².